The van der Waals surface area contributed by atoms with E-state index in [1.54, 1.807) is 0 Å². The van der Waals surface area contributed by atoms with Gasteiger partial charge in [0, 0.05) is 18.8 Å². The quantitative estimate of drug-likeness (QED) is 0.513. The van der Waals surface area contributed by atoms with Gasteiger partial charge in [-0.05, 0) is 30.7 Å². The fourth-order valence-corrected chi connectivity index (χ4v) is 1.66. The van der Waals surface area contributed by atoms with Crippen LogP contribution < -0.4 is 0 Å². The van der Waals surface area contributed by atoms with E-state index in [9.17, 15) is 4.79 Å². The van der Waals surface area contributed by atoms with E-state index in [1.165, 1.54) is 19.3 Å². The van der Waals surface area contributed by atoms with Crippen molar-refractivity contribution in [1.29, 1.82) is 0 Å². The molecule has 0 heterocycles. The number of Topliss-reactive ketones (excluding diaryl/α,β-unsaturated/α-hetero) is 1. The molecule has 16 heavy (non-hydrogen) atoms. The van der Waals surface area contributed by atoms with Crippen LogP contribution in [0.25, 0.3) is 0 Å². The van der Waals surface area contributed by atoms with Gasteiger partial charge < -0.3 is 0 Å². The third-order valence-electron chi connectivity index (χ3n) is 2.66. The lowest BCUT2D eigenvalue weighted by Crippen LogP contribution is -1.94. The Balaban J connectivity index is 2.57. The Morgan fingerprint density at radius 2 is 1.81 bits per heavy atom. The van der Waals surface area contributed by atoms with Gasteiger partial charge in [-0.25, -0.2) is 0 Å². The topological polar surface area (TPSA) is 17.1 Å². The van der Waals surface area contributed by atoms with Gasteiger partial charge in [-0.3, -0.25) is 4.79 Å². The molecule has 0 aromatic heterocycles. The van der Waals surface area contributed by atoms with Gasteiger partial charge >= 0.3 is 0 Å². The van der Waals surface area contributed by atoms with Gasteiger partial charge in [-0.15, -0.1) is 11.5 Å². The molecule has 1 rings (SSSR count). The zero-order chi connectivity index (χ0) is 11.6. The van der Waals surface area contributed by atoms with Gasteiger partial charge in [0.1, 0.15) is 5.78 Å². The molecule has 0 bridgehead atoms. The molecule has 86 valence electrons. The van der Waals surface area contributed by atoms with E-state index in [2.05, 4.69) is 30.5 Å². The number of allylic oxidation sites excluding steroid dienone is 2. The van der Waals surface area contributed by atoms with Crippen molar-refractivity contribution < 1.29 is 4.79 Å². The molecule has 0 radical (unpaired) electrons. The molecule has 0 spiro atoms. The molecule has 0 fully saturated rings. The van der Waals surface area contributed by atoms with E-state index in [4.69, 9.17) is 0 Å². The van der Waals surface area contributed by atoms with E-state index in [1.807, 2.05) is 12.2 Å². The highest BCUT2D eigenvalue weighted by Gasteiger charge is 2.00. The zero-order valence-electron chi connectivity index (χ0n) is 10.0. The van der Waals surface area contributed by atoms with Crippen LogP contribution in [0.5, 0.6) is 0 Å². The van der Waals surface area contributed by atoms with Crippen LogP contribution in [0.3, 0.4) is 0 Å². The largest absolute Gasteiger partial charge is 0.299 e. The molecule has 0 aromatic carbocycles. The number of ketones is 1. The molecular weight excluding hydrogens is 196 g/mol. The van der Waals surface area contributed by atoms with Crippen LogP contribution in [0, 0.1) is 5.92 Å². The maximum Gasteiger partial charge on any atom is 0.141 e. The van der Waals surface area contributed by atoms with Crippen LogP contribution in [-0.2, 0) is 4.79 Å². The lowest BCUT2D eigenvalue weighted by molar-refractivity contribution is -0.117. The van der Waals surface area contributed by atoms with Crippen molar-refractivity contribution in [2.24, 2.45) is 5.92 Å². The summed E-state index contributed by atoms with van der Waals surface area (Å²) < 4.78 is 0. The molecule has 0 saturated heterocycles. The molecule has 0 amide bonds. The van der Waals surface area contributed by atoms with E-state index >= 15 is 0 Å². The average molecular weight is 216 g/mol. The van der Waals surface area contributed by atoms with Crippen molar-refractivity contribution >= 4 is 5.78 Å². The molecule has 0 saturated carbocycles. The van der Waals surface area contributed by atoms with Crippen LogP contribution in [0.15, 0.2) is 35.8 Å². The molecule has 1 heteroatoms. The Morgan fingerprint density at radius 3 is 2.38 bits per heavy atom. The zero-order valence-corrected chi connectivity index (χ0v) is 10.0. The predicted octanol–water partition coefficient (Wildman–Crippen LogP) is 3.97. The minimum Gasteiger partial charge on any atom is -0.299 e. The molecule has 1 aliphatic rings. The SMILES string of the molecule is CCCCCC1C=C=CCC(=O)CC=C=C1. The summed E-state index contributed by atoms with van der Waals surface area (Å²) in [6.07, 6.45) is 13.7. The summed E-state index contributed by atoms with van der Waals surface area (Å²) >= 11 is 0. The van der Waals surface area contributed by atoms with E-state index < -0.39 is 0 Å². The molecule has 0 aliphatic heterocycles. The summed E-state index contributed by atoms with van der Waals surface area (Å²) in [4.78, 5) is 11.2. The van der Waals surface area contributed by atoms with Crippen LogP contribution in [0.1, 0.15) is 45.4 Å². The molecule has 0 unspecified atom stereocenters. The van der Waals surface area contributed by atoms with Crippen molar-refractivity contribution in [3.05, 3.63) is 35.8 Å². The van der Waals surface area contributed by atoms with Gasteiger partial charge in [0.05, 0.1) is 0 Å². The van der Waals surface area contributed by atoms with Gasteiger partial charge in [-0.2, -0.15) is 0 Å². The van der Waals surface area contributed by atoms with Gasteiger partial charge in [0.25, 0.3) is 0 Å². The first-order valence-electron chi connectivity index (χ1n) is 6.16. The van der Waals surface area contributed by atoms with E-state index in [0.29, 0.717) is 18.8 Å². The third-order valence-corrected chi connectivity index (χ3v) is 2.66. The first kappa shape index (κ1) is 12.8. The summed E-state index contributed by atoms with van der Waals surface area (Å²) in [6.45, 7) is 2.21. The first-order chi connectivity index (χ1) is 7.83. The lowest BCUT2D eigenvalue weighted by Gasteiger charge is -2.04. The van der Waals surface area contributed by atoms with Gasteiger partial charge in [-0.1, -0.05) is 26.2 Å². The number of rotatable bonds is 4. The van der Waals surface area contributed by atoms with Crippen LogP contribution in [-0.4, -0.2) is 5.78 Å². The van der Waals surface area contributed by atoms with Crippen molar-refractivity contribution in [2.45, 2.75) is 45.4 Å². The number of hydrogen-bond acceptors (Lipinski definition) is 1. The van der Waals surface area contributed by atoms with Crippen LogP contribution in [0.2, 0.25) is 0 Å². The minimum absolute atomic E-state index is 0.228. The number of hydrogen-bond donors (Lipinski definition) is 0. The van der Waals surface area contributed by atoms with E-state index in [-0.39, 0.29) is 5.78 Å². The van der Waals surface area contributed by atoms with Crippen molar-refractivity contribution in [1.82, 2.24) is 0 Å². The monoisotopic (exact) mass is 216 g/mol. The van der Waals surface area contributed by atoms with E-state index in [0.717, 1.165) is 6.42 Å². The second kappa shape index (κ2) is 7.93. The van der Waals surface area contributed by atoms with Gasteiger partial charge in [0.15, 0.2) is 0 Å². The fraction of sp³-hybridized carbons (Fsp3) is 0.533. The first-order valence-corrected chi connectivity index (χ1v) is 6.16. The highest BCUT2D eigenvalue weighted by Crippen LogP contribution is 2.12. The van der Waals surface area contributed by atoms with Crippen molar-refractivity contribution in [2.75, 3.05) is 0 Å². The Bertz CT molecular complexity index is 308. The second-order valence-electron chi connectivity index (χ2n) is 4.18. The Hall–Kier alpha value is -1.29. The lowest BCUT2D eigenvalue weighted by atomic mass is 10.0. The van der Waals surface area contributed by atoms with Crippen molar-refractivity contribution in [3.8, 4) is 0 Å². The predicted molar refractivity (Wildman–Crippen MR) is 67.2 cm³/mol. The number of unbranched alkanes of at least 4 members (excludes halogenated alkanes) is 2. The molecule has 0 atom stereocenters. The smallest absolute Gasteiger partial charge is 0.141 e. The third kappa shape index (κ3) is 5.56. The molecular formula is C15H20O. The van der Waals surface area contributed by atoms with Crippen LogP contribution >= 0.6 is 0 Å². The summed E-state index contributed by atoms with van der Waals surface area (Å²) in [7, 11) is 0. The molecule has 1 nitrogen and oxygen atoms in total. The molecule has 1 aliphatic carbocycles. The summed E-state index contributed by atoms with van der Waals surface area (Å²) in [5.41, 5.74) is 6.21. The van der Waals surface area contributed by atoms with Crippen LogP contribution in [0.4, 0.5) is 0 Å². The minimum atomic E-state index is 0.228. The average Bonchev–Trinajstić information content (AvgIpc) is 2.29. The standard InChI is InChI=1S/C15H20O/c1-2-3-4-9-14-10-5-7-12-15(16)13-8-6-11-14/h7-8,10-11,14H,2-4,9,12-13H2,1H3. The number of carbonyl (C=O) groups is 1. The van der Waals surface area contributed by atoms with Crippen molar-refractivity contribution in [3.63, 3.8) is 0 Å². The Morgan fingerprint density at radius 1 is 1.19 bits per heavy atom. The normalized spacial score (nSPS) is 20.3. The van der Waals surface area contributed by atoms with Gasteiger partial charge in [0.2, 0.25) is 0 Å². The molecule has 0 N–H and O–H groups in total. The summed E-state index contributed by atoms with van der Waals surface area (Å²) in [6, 6.07) is 0. The maximum absolute atomic E-state index is 11.2. The highest BCUT2D eigenvalue weighted by molar-refractivity contribution is 5.81. The number of carbonyl (C=O) groups excluding carboxylic acids is 1. The molecule has 0 aromatic rings. The second-order valence-corrected chi connectivity index (χ2v) is 4.18. The maximum atomic E-state index is 11.2. The fourth-order valence-electron chi connectivity index (χ4n) is 1.66. The highest BCUT2D eigenvalue weighted by atomic mass is 16.1. The Labute approximate surface area is 98.2 Å². The summed E-state index contributed by atoms with van der Waals surface area (Å²) in [5.74, 6) is 0.651. The Kier molecular flexibility index (Phi) is 6.33. The summed E-state index contributed by atoms with van der Waals surface area (Å²) in [5, 5.41) is 0.